The van der Waals surface area contributed by atoms with Crippen molar-refractivity contribution in [1.82, 2.24) is 0 Å². The van der Waals surface area contributed by atoms with E-state index in [0.29, 0.717) is 0 Å². The molecular formula is C10H7Cl3FNO. The van der Waals surface area contributed by atoms with Gasteiger partial charge in [-0.2, -0.15) is 0 Å². The van der Waals surface area contributed by atoms with Crippen LogP contribution < -0.4 is 4.74 Å². The minimum Gasteiger partial charge on any atom is -0.489 e. The fourth-order valence-electron chi connectivity index (χ4n) is 1.04. The number of ether oxygens (including phenoxy) is 1. The van der Waals surface area contributed by atoms with E-state index < -0.39 is 5.82 Å². The quantitative estimate of drug-likeness (QED) is 0.417. The van der Waals surface area contributed by atoms with E-state index in [1.807, 2.05) is 0 Å². The molecule has 0 aliphatic heterocycles. The van der Waals surface area contributed by atoms with E-state index in [2.05, 4.69) is 4.85 Å². The van der Waals surface area contributed by atoms with Gasteiger partial charge in [-0.15, -0.1) is 0 Å². The number of nitrogens with zero attached hydrogens (tertiary/aromatic N) is 1. The average molecular weight is 283 g/mol. The molecule has 0 fully saturated rings. The summed E-state index contributed by atoms with van der Waals surface area (Å²) >= 11 is 17.2. The molecule has 1 aromatic rings. The molecular weight excluding hydrogens is 275 g/mol. The van der Waals surface area contributed by atoms with Crippen LogP contribution in [0.4, 0.5) is 10.1 Å². The van der Waals surface area contributed by atoms with Gasteiger partial charge in [0.1, 0.15) is 10.8 Å². The van der Waals surface area contributed by atoms with Gasteiger partial charge in [0.25, 0.3) is 0 Å². The Morgan fingerprint density at radius 3 is 2.19 bits per heavy atom. The van der Waals surface area contributed by atoms with Gasteiger partial charge in [0.05, 0.1) is 22.7 Å². The van der Waals surface area contributed by atoms with Crippen molar-refractivity contribution in [1.29, 1.82) is 0 Å². The Labute approximate surface area is 108 Å². The third kappa shape index (κ3) is 2.35. The van der Waals surface area contributed by atoms with Gasteiger partial charge in [-0.3, -0.25) is 0 Å². The highest BCUT2D eigenvalue weighted by Gasteiger charge is 2.23. The molecule has 0 unspecified atom stereocenters. The molecule has 1 aromatic carbocycles. The van der Waals surface area contributed by atoms with Crippen LogP contribution in [0.1, 0.15) is 13.8 Å². The van der Waals surface area contributed by atoms with Crippen LogP contribution in [0.25, 0.3) is 4.85 Å². The fourth-order valence-corrected chi connectivity index (χ4v) is 1.75. The molecule has 0 heterocycles. The zero-order valence-corrected chi connectivity index (χ0v) is 10.7. The van der Waals surface area contributed by atoms with E-state index in [1.165, 1.54) is 0 Å². The Hall–Kier alpha value is -0.690. The third-order valence-corrected chi connectivity index (χ3v) is 2.83. The maximum absolute atomic E-state index is 13.5. The van der Waals surface area contributed by atoms with Crippen molar-refractivity contribution in [2.75, 3.05) is 0 Å². The van der Waals surface area contributed by atoms with E-state index in [0.717, 1.165) is 0 Å². The summed E-state index contributed by atoms with van der Waals surface area (Å²) in [6.07, 6.45) is -0.213. The maximum Gasteiger partial charge on any atom is 0.245 e. The van der Waals surface area contributed by atoms with E-state index in [1.54, 1.807) is 13.8 Å². The maximum atomic E-state index is 13.5. The van der Waals surface area contributed by atoms with Crippen molar-refractivity contribution in [3.8, 4) is 5.75 Å². The first-order valence-corrected chi connectivity index (χ1v) is 5.43. The summed E-state index contributed by atoms with van der Waals surface area (Å²) in [6.45, 7) is 10.3. The lowest BCUT2D eigenvalue weighted by Crippen LogP contribution is -2.07. The van der Waals surface area contributed by atoms with Crippen molar-refractivity contribution < 1.29 is 9.13 Å². The summed E-state index contributed by atoms with van der Waals surface area (Å²) in [7, 11) is 0. The molecule has 0 amide bonds. The van der Waals surface area contributed by atoms with Crippen molar-refractivity contribution in [3.63, 3.8) is 0 Å². The lowest BCUT2D eigenvalue weighted by atomic mass is 10.2. The summed E-state index contributed by atoms with van der Waals surface area (Å²) in [5.41, 5.74) is -0.383. The Bertz CT molecular complexity index is 468. The second kappa shape index (κ2) is 5.09. The highest BCUT2D eigenvalue weighted by atomic mass is 35.5. The minimum atomic E-state index is -0.928. The predicted octanol–water partition coefficient (Wildman–Crippen LogP) is 5.12. The monoisotopic (exact) mass is 281 g/mol. The summed E-state index contributed by atoms with van der Waals surface area (Å²) in [5, 5.41) is -0.631. The van der Waals surface area contributed by atoms with Gasteiger partial charge in [-0.1, -0.05) is 34.8 Å². The van der Waals surface area contributed by atoms with E-state index in [4.69, 9.17) is 46.1 Å². The summed E-state index contributed by atoms with van der Waals surface area (Å²) < 4.78 is 18.8. The number of benzene rings is 1. The van der Waals surface area contributed by atoms with E-state index >= 15 is 0 Å². The standard InChI is InChI=1S/C10H7Cl3FNO/c1-4(2)16-10-6(12)5(11)8(14)9(15-3)7(10)13/h4H,1-2H3. The van der Waals surface area contributed by atoms with Gasteiger partial charge in [0.15, 0.2) is 5.82 Å². The minimum absolute atomic E-state index is 0.0377. The number of rotatable bonds is 2. The van der Waals surface area contributed by atoms with Crippen LogP contribution in [0.2, 0.25) is 15.1 Å². The summed E-state index contributed by atoms with van der Waals surface area (Å²) in [5.74, 6) is -0.890. The van der Waals surface area contributed by atoms with Crippen LogP contribution in [-0.4, -0.2) is 6.10 Å². The summed E-state index contributed by atoms with van der Waals surface area (Å²) in [4.78, 5) is 2.96. The first kappa shape index (κ1) is 13.4. The van der Waals surface area contributed by atoms with Gasteiger partial charge in [0, 0.05) is 0 Å². The van der Waals surface area contributed by atoms with E-state index in [-0.39, 0.29) is 32.6 Å². The average Bonchev–Trinajstić information content (AvgIpc) is 2.22. The van der Waals surface area contributed by atoms with Gasteiger partial charge in [-0.25, -0.2) is 9.24 Å². The van der Waals surface area contributed by atoms with E-state index in [9.17, 15) is 4.39 Å². The molecule has 0 saturated carbocycles. The topological polar surface area (TPSA) is 13.6 Å². The molecule has 86 valence electrons. The first-order chi connectivity index (χ1) is 7.40. The predicted molar refractivity (Wildman–Crippen MR) is 63.5 cm³/mol. The van der Waals surface area contributed by atoms with Crippen molar-refractivity contribution >= 4 is 40.5 Å². The molecule has 6 heteroatoms. The Balaban J connectivity index is 3.50. The fraction of sp³-hybridized carbons (Fsp3) is 0.300. The van der Waals surface area contributed by atoms with Crippen LogP contribution >= 0.6 is 34.8 Å². The first-order valence-electron chi connectivity index (χ1n) is 4.30. The molecule has 0 atom stereocenters. The Kier molecular flexibility index (Phi) is 4.26. The lowest BCUT2D eigenvalue weighted by molar-refractivity contribution is 0.242. The molecule has 0 saturated heterocycles. The highest BCUT2D eigenvalue weighted by molar-refractivity contribution is 6.46. The van der Waals surface area contributed by atoms with Gasteiger partial charge in [-0.05, 0) is 13.8 Å². The second-order valence-corrected chi connectivity index (χ2v) is 4.35. The molecule has 2 nitrogen and oxygen atoms in total. The number of hydrogen-bond donors (Lipinski definition) is 0. The zero-order valence-electron chi connectivity index (χ0n) is 8.44. The smallest absolute Gasteiger partial charge is 0.245 e. The molecule has 16 heavy (non-hydrogen) atoms. The molecule has 0 N–H and O–H groups in total. The van der Waals surface area contributed by atoms with Gasteiger partial charge < -0.3 is 4.74 Å². The van der Waals surface area contributed by atoms with Crippen LogP contribution in [-0.2, 0) is 0 Å². The summed E-state index contributed by atoms with van der Waals surface area (Å²) in [6, 6.07) is 0. The molecule has 0 spiro atoms. The molecule has 0 bridgehead atoms. The third-order valence-electron chi connectivity index (χ3n) is 1.67. The number of halogens is 4. The largest absolute Gasteiger partial charge is 0.489 e. The normalized spacial score (nSPS) is 10.4. The zero-order chi connectivity index (χ0) is 12.5. The Morgan fingerprint density at radius 2 is 1.75 bits per heavy atom. The van der Waals surface area contributed by atoms with Crippen LogP contribution in [0.3, 0.4) is 0 Å². The molecule has 0 aliphatic rings. The molecule has 0 aliphatic carbocycles. The van der Waals surface area contributed by atoms with Crippen molar-refractivity contribution in [3.05, 3.63) is 32.3 Å². The van der Waals surface area contributed by atoms with Gasteiger partial charge >= 0.3 is 0 Å². The SMILES string of the molecule is [C-]#[N+]c1c(F)c(Cl)c(Cl)c(OC(C)C)c1Cl. The van der Waals surface area contributed by atoms with Crippen LogP contribution in [0, 0.1) is 12.4 Å². The van der Waals surface area contributed by atoms with Crippen LogP contribution in [0.15, 0.2) is 0 Å². The van der Waals surface area contributed by atoms with Gasteiger partial charge in [0.2, 0.25) is 5.69 Å². The van der Waals surface area contributed by atoms with Crippen molar-refractivity contribution in [2.45, 2.75) is 20.0 Å². The highest BCUT2D eigenvalue weighted by Crippen LogP contribution is 2.47. The van der Waals surface area contributed by atoms with Crippen LogP contribution in [0.5, 0.6) is 5.75 Å². The molecule has 1 rings (SSSR count). The number of hydrogen-bond acceptors (Lipinski definition) is 1. The lowest BCUT2D eigenvalue weighted by Gasteiger charge is -2.15. The molecule has 0 radical (unpaired) electrons. The van der Waals surface area contributed by atoms with Crippen molar-refractivity contribution in [2.24, 2.45) is 0 Å². The second-order valence-electron chi connectivity index (χ2n) is 3.21. The Morgan fingerprint density at radius 1 is 1.19 bits per heavy atom. The molecule has 0 aromatic heterocycles.